The third-order valence-electron chi connectivity index (χ3n) is 2.79. The van der Waals surface area contributed by atoms with Gasteiger partial charge in [0.15, 0.2) is 0 Å². The van der Waals surface area contributed by atoms with E-state index in [4.69, 9.17) is 10.2 Å². The third-order valence-corrected chi connectivity index (χ3v) is 2.79. The van der Waals surface area contributed by atoms with E-state index in [1.54, 1.807) is 4.90 Å². The molecule has 92 valence electrons. The van der Waals surface area contributed by atoms with Gasteiger partial charge in [0.25, 0.3) is 0 Å². The highest BCUT2D eigenvalue weighted by Crippen LogP contribution is 2.19. The number of carbonyl (C=O) groups excluding carboxylic acids is 1. The van der Waals surface area contributed by atoms with Gasteiger partial charge in [0.2, 0.25) is 0 Å². The highest BCUT2D eigenvalue weighted by Gasteiger charge is 2.28. The zero-order valence-corrected chi connectivity index (χ0v) is 9.43. The lowest BCUT2D eigenvalue weighted by Crippen LogP contribution is -2.42. The Balaban J connectivity index is 2.41. The van der Waals surface area contributed by atoms with Crippen LogP contribution in [-0.2, 0) is 4.79 Å². The van der Waals surface area contributed by atoms with Gasteiger partial charge < -0.3 is 20.0 Å². The van der Waals surface area contributed by atoms with Gasteiger partial charge in [-0.15, -0.1) is 0 Å². The Bertz CT molecular complexity index is 270. The summed E-state index contributed by atoms with van der Waals surface area (Å²) in [6, 6.07) is -0.247. The van der Waals surface area contributed by atoms with Crippen molar-refractivity contribution < 1.29 is 19.8 Å². The average molecular weight is 230 g/mol. The number of hydrogen-bond donors (Lipinski definition) is 2. The Morgan fingerprint density at radius 1 is 1.50 bits per heavy atom. The number of aliphatic carboxylic acids is 1. The number of carboxylic acid groups (broad SMARTS) is 1. The van der Waals surface area contributed by atoms with Crippen molar-refractivity contribution in [2.75, 3.05) is 33.3 Å². The van der Waals surface area contributed by atoms with Gasteiger partial charge in [0, 0.05) is 26.7 Å². The number of nitrogens with zero attached hydrogens (tertiary/aromatic N) is 2. The molecule has 16 heavy (non-hydrogen) atoms. The second-order valence-electron chi connectivity index (χ2n) is 4.15. The van der Waals surface area contributed by atoms with Crippen LogP contribution in [0, 0.1) is 5.92 Å². The van der Waals surface area contributed by atoms with Gasteiger partial charge in [-0.2, -0.15) is 0 Å². The SMILES string of the molecule is CN(CC(=O)O)C(=O)N1CCC(CCO)C1. The van der Waals surface area contributed by atoms with E-state index in [2.05, 4.69) is 0 Å². The summed E-state index contributed by atoms with van der Waals surface area (Å²) in [4.78, 5) is 25.0. The Morgan fingerprint density at radius 2 is 2.19 bits per heavy atom. The summed E-state index contributed by atoms with van der Waals surface area (Å²) in [6.45, 7) is 1.12. The number of carbonyl (C=O) groups is 2. The molecule has 1 atom stereocenters. The lowest BCUT2D eigenvalue weighted by molar-refractivity contribution is -0.137. The quantitative estimate of drug-likeness (QED) is 0.702. The topological polar surface area (TPSA) is 81.1 Å². The number of aliphatic hydroxyl groups is 1. The number of carboxylic acids is 1. The van der Waals surface area contributed by atoms with Crippen molar-refractivity contribution in [1.82, 2.24) is 9.80 Å². The van der Waals surface area contributed by atoms with Gasteiger partial charge in [0.1, 0.15) is 6.54 Å². The minimum absolute atomic E-state index is 0.137. The minimum Gasteiger partial charge on any atom is -0.480 e. The highest BCUT2D eigenvalue weighted by molar-refractivity contribution is 5.80. The van der Waals surface area contributed by atoms with Crippen LogP contribution in [-0.4, -0.2) is 65.3 Å². The molecule has 0 radical (unpaired) electrons. The Labute approximate surface area is 94.4 Å². The van der Waals surface area contributed by atoms with Crippen LogP contribution in [0.2, 0.25) is 0 Å². The largest absolute Gasteiger partial charge is 0.480 e. The van der Waals surface area contributed by atoms with Gasteiger partial charge in [-0.1, -0.05) is 0 Å². The minimum atomic E-state index is -1.01. The number of likely N-dealkylation sites (tertiary alicyclic amines) is 1. The summed E-state index contributed by atoms with van der Waals surface area (Å²) >= 11 is 0. The summed E-state index contributed by atoms with van der Waals surface area (Å²) in [5.41, 5.74) is 0. The molecule has 0 aromatic heterocycles. The first-order valence-corrected chi connectivity index (χ1v) is 5.37. The molecule has 0 aromatic carbocycles. The maximum atomic E-state index is 11.8. The van der Waals surface area contributed by atoms with Crippen LogP contribution < -0.4 is 0 Å². The van der Waals surface area contributed by atoms with Gasteiger partial charge in [0.05, 0.1) is 0 Å². The van der Waals surface area contributed by atoms with E-state index in [1.807, 2.05) is 0 Å². The number of likely N-dealkylation sites (N-methyl/N-ethyl adjacent to an activating group) is 1. The van der Waals surface area contributed by atoms with Crippen molar-refractivity contribution in [1.29, 1.82) is 0 Å². The van der Waals surface area contributed by atoms with Crippen LogP contribution in [0.1, 0.15) is 12.8 Å². The molecular formula is C10H18N2O4. The number of amides is 2. The van der Waals surface area contributed by atoms with Crippen LogP contribution in [0.25, 0.3) is 0 Å². The molecule has 0 aliphatic carbocycles. The van der Waals surface area contributed by atoms with Crippen LogP contribution in [0.15, 0.2) is 0 Å². The molecule has 6 heteroatoms. The normalized spacial score (nSPS) is 19.9. The fourth-order valence-electron chi connectivity index (χ4n) is 1.94. The molecule has 1 unspecified atom stereocenters. The summed E-state index contributed by atoms with van der Waals surface area (Å²) < 4.78 is 0. The lowest BCUT2D eigenvalue weighted by atomic mass is 10.1. The van der Waals surface area contributed by atoms with E-state index < -0.39 is 5.97 Å². The second kappa shape index (κ2) is 5.69. The molecule has 0 bridgehead atoms. The first-order chi connectivity index (χ1) is 7.54. The second-order valence-corrected chi connectivity index (χ2v) is 4.15. The van der Waals surface area contributed by atoms with E-state index in [9.17, 15) is 9.59 Å². The van der Waals surface area contributed by atoms with Crippen LogP contribution in [0.5, 0.6) is 0 Å². The van der Waals surface area contributed by atoms with Crippen molar-refractivity contribution in [3.63, 3.8) is 0 Å². The molecular weight excluding hydrogens is 212 g/mol. The van der Waals surface area contributed by atoms with Crippen LogP contribution in [0.3, 0.4) is 0 Å². The first kappa shape index (κ1) is 12.8. The molecule has 6 nitrogen and oxygen atoms in total. The highest BCUT2D eigenvalue weighted by atomic mass is 16.4. The number of aliphatic hydroxyl groups excluding tert-OH is 1. The van der Waals surface area contributed by atoms with Crippen molar-refractivity contribution >= 4 is 12.0 Å². The molecule has 1 aliphatic rings. The standard InChI is InChI=1S/C10H18N2O4/c1-11(7-9(14)15)10(16)12-4-2-8(6-12)3-5-13/h8,13H,2-7H2,1H3,(H,14,15). The van der Waals surface area contributed by atoms with Gasteiger partial charge >= 0.3 is 12.0 Å². The van der Waals surface area contributed by atoms with E-state index in [1.165, 1.54) is 11.9 Å². The predicted molar refractivity (Wildman–Crippen MR) is 57.0 cm³/mol. The fourth-order valence-corrected chi connectivity index (χ4v) is 1.94. The Morgan fingerprint density at radius 3 is 2.75 bits per heavy atom. The molecule has 1 rings (SSSR count). The van der Waals surface area contributed by atoms with Crippen LogP contribution in [0.4, 0.5) is 4.79 Å². The molecule has 0 aromatic rings. The van der Waals surface area contributed by atoms with Crippen molar-refractivity contribution in [3.8, 4) is 0 Å². The van der Waals surface area contributed by atoms with E-state index >= 15 is 0 Å². The summed E-state index contributed by atoms with van der Waals surface area (Å²) in [5.74, 6) is -0.672. The predicted octanol–water partition coefficient (Wildman–Crippen LogP) is -0.173. The number of urea groups is 1. The third kappa shape index (κ3) is 3.37. The summed E-state index contributed by atoms with van der Waals surface area (Å²) in [7, 11) is 1.48. The molecule has 1 aliphatic heterocycles. The summed E-state index contributed by atoms with van der Waals surface area (Å²) in [5, 5.41) is 17.4. The maximum absolute atomic E-state index is 11.8. The first-order valence-electron chi connectivity index (χ1n) is 5.37. The van der Waals surface area contributed by atoms with Gasteiger partial charge in [-0.3, -0.25) is 4.79 Å². The maximum Gasteiger partial charge on any atom is 0.323 e. The Kier molecular flexibility index (Phi) is 4.54. The van der Waals surface area contributed by atoms with E-state index in [0.717, 1.165) is 6.42 Å². The zero-order valence-electron chi connectivity index (χ0n) is 9.43. The molecule has 2 amide bonds. The monoisotopic (exact) mass is 230 g/mol. The lowest BCUT2D eigenvalue weighted by Gasteiger charge is -2.23. The van der Waals surface area contributed by atoms with Crippen molar-refractivity contribution in [2.24, 2.45) is 5.92 Å². The molecule has 0 saturated carbocycles. The van der Waals surface area contributed by atoms with Crippen molar-refractivity contribution in [3.05, 3.63) is 0 Å². The zero-order chi connectivity index (χ0) is 12.1. The number of rotatable bonds is 4. The molecule has 1 saturated heterocycles. The summed E-state index contributed by atoms with van der Waals surface area (Å²) in [6.07, 6.45) is 1.58. The van der Waals surface area contributed by atoms with Gasteiger partial charge in [-0.25, -0.2) is 4.79 Å². The Hall–Kier alpha value is -1.30. The van der Waals surface area contributed by atoms with E-state index in [0.29, 0.717) is 25.4 Å². The van der Waals surface area contributed by atoms with Gasteiger partial charge in [-0.05, 0) is 18.8 Å². The average Bonchev–Trinajstić information content (AvgIpc) is 2.64. The van der Waals surface area contributed by atoms with Crippen molar-refractivity contribution in [2.45, 2.75) is 12.8 Å². The molecule has 2 N–H and O–H groups in total. The smallest absolute Gasteiger partial charge is 0.323 e. The van der Waals surface area contributed by atoms with E-state index in [-0.39, 0.29) is 19.2 Å². The molecule has 1 fully saturated rings. The number of hydrogen-bond acceptors (Lipinski definition) is 3. The fraction of sp³-hybridized carbons (Fsp3) is 0.800. The molecule has 0 spiro atoms. The van der Waals surface area contributed by atoms with Crippen LogP contribution >= 0.6 is 0 Å². The molecule has 1 heterocycles.